The molecule has 1 unspecified atom stereocenters. The maximum Gasteiger partial charge on any atom is 0.103 e. The monoisotopic (exact) mass is 181 g/mol. The van der Waals surface area contributed by atoms with Crippen LogP contribution in [0.2, 0.25) is 0 Å². The Kier molecular flexibility index (Phi) is 3.71. The van der Waals surface area contributed by atoms with Crippen LogP contribution in [0.5, 0.6) is 0 Å². The van der Waals surface area contributed by atoms with Crippen LogP contribution in [0.1, 0.15) is 19.1 Å². The van der Waals surface area contributed by atoms with E-state index in [-0.39, 0.29) is 6.04 Å². The molecule has 12 heavy (non-hydrogen) atoms. The van der Waals surface area contributed by atoms with Gasteiger partial charge in [-0.25, -0.2) is 4.99 Å². The van der Waals surface area contributed by atoms with E-state index in [2.05, 4.69) is 22.4 Å². The van der Waals surface area contributed by atoms with Crippen molar-refractivity contribution in [2.24, 2.45) is 4.99 Å². The number of furan rings is 1. The first kappa shape index (κ1) is 9.17. The maximum atomic E-state index is 5.17. The van der Waals surface area contributed by atoms with Crippen LogP contribution < -0.4 is 0 Å². The van der Waals surface area contributed by atoms with Crippen molar-refractivity contribution in [2.75, 3.05) is 0 Å². The molecule has 3 heteroatoms. The summed E-state index contributed by atoms with van der Waals surface area (Å²) in [6.07, 6.45) is 3.55. The van der Waals surface area contributed by atoms with Crippen LogP contribution in [0.25, 0.3) is 0 Å². The number of hydrogen-bond acceptors (Lipinski definition) is 3. The normalized spacial score (nSPS) is 12.1. The second-order valence-corrected chi connectivity index (χ2v) is 2.87. The van der Waals surface area contributed by atoms with Gasteiger partial charge in [0.1, 0.15) is 5.76 Å². The molecule has 0 fully saturated rings. The summed E-state index contributed by atoms with van der Waals surface area (Å²) in [7, 11) is 0. The van der Waals surface area contributed by atoms with Gasteiger partial charge in [-0.15, -0.1) is 0 Å². The van der Waals surface area contributed by atoms with Crippen LogP contribution in [-0.2, 0) is 6.42 Å². The Hall–Kier alpha value is -0.920. The van der Waals surface area contributed by atoms with E-state index in [0.29, 0.717) is 0 Å². The van der Waals surface area contributed by atoms with E-state index in [9.17, 15) is 0 Å². The van der Waals surface area contributed by atoms with E-state index < -0.39 is 0 Å². The van der Waals surface area contributed by atoms with Gasteiger partial charge in [0.25, 0.3) is 0 Å². The molecule has 0 saturated heterocycles. The fraction of sp³-hybridized carbons (Fsp3) is 0.444. The minimum absolute atomic E-state index is 0.243. The zero-order valence-electron chi connectivity index (χ0n) is 6.99. The third kappa shape index (κ3) is 2.99. The van der Waals surface area contributed by atoms with Gasteiger partial charge in [-0.2, -0.15) is 0 Å². The molecule has 0 aliphatic carbocycles. The summed E-state index contributed by atoms with van der Waals surface area (Å²) in [5.74, 6) is 1.00. The second-order valence-electron chi connectivity index (χ2n) is 2.69. The molecular weight excluding hydrogens is 170 g/mol. The van der Waals surface area contributed by atoms with Gasteiger partial charge in [-0.3, -0.25) is 0 Å². The van der Waals surface area contributed by atoms with Gasteiger partial charge in [0.05, 0.1) is 17.5 Å². The smallest absolute Gasteiger partial charge is 0.103 e. The predicted octanol–water partition coefficient (Wildman–Crippen LogP) is 2.70. The zero-order valence-corrected chi connectivity index (χ0v) is 7.80. The Labute approximate surface area is 77.3 Å². The summed E-state index contributed by atoms with van der Waals surface area (Å²) in [5.41, 5.74) is 0. The Bertz CT molecular complexity index is 262. The molecule has 0 bridgehead atoms. The number of rotatable bonds is 4. The summed E-state index contributed by atoms with van der Waals surface area (Å²) in [4.78, 5) is 3.95. The fourth-order valence-electron chi connectivity index (χ4n) is 0.960. The van der Waals surface area contributed by atoms with Crippen molar-refractivity contribution in [1.29, 1.82) is 0 Å². The molecule has 2 nitrogen and oxygen atoms in total. The molecule has 1 heterocycles. The maximum absolute atomic E-state index is 5.17. The highest BCUT2D eigenvalue weighted by Crippen LogP contribution is 2.06. The lowest BCUT2D eigenvalue weighted by atomic mass is 10.1. The fourth-order valence-corrected chi connectivity index (χ4v) is 1.14. The molecular formula is C9H11NOS. The SMILES string of the molecule is CC(CCc1ccco1)N=C=S. The average Bonchev–Trinajstić information content (AvgIpc) is 2.53. The molecule has 0 N–H and O–H groups in total. The van der Waals surface area contributed by atoms with Crippen molar-refractivity contribution in [2.45, 2.75) is 25.8 Å². The van der Waals surface area contributed by atoms with Crippen molar-refractivity contribution in [1.82, 2.24) is 0 Å². The summed E-state index contributed by atoms with van der Waals surface area (Å²) in [5, 5.41) is 2.38. The summed E-state index contributed by atoms with van der Waals surface area (Å²) in [6.45, 7) is 2.02. The third-order valence-electron chi connectivity index (χ3n) is 1.66. The number of nitrogens with zero attached hydrogens (tertiary/aromatic N) is 1. The number of thiocarbonyl (C=S) groups is 1. The first-order chi connectivity index (χ1) is 5.83. The van der Waals surface area contributed by atoms with E-state index in [4.69, 9.17) is 4.42 Å². The standard InChI is InChI=1S/C9H11NOS/c1-8(10-7-12)4-5-9-3-2-6-11-9/h2-3,6,8H,4-5H2,1H3. The summed E-state index contributed by atoms with van der Waals surface area (Å²) < 4.78 is 5.17. The Morgan fingerprint density at radius 1 is 1.75 bits per heavy atom. The second kappa shape index (κ2) is 4.86. The summed E-state index contributed by atoms with van der Waals surface area (Å²) >= 11 is 4.50. The van der Waals surface area contributed by atoms with E-state index in [1.165, 1.54) is 0 Å². The molecule has 1 rings (SSSR count). The molecule has 0 radical (unpaired) electrons. The lowest BCUT2D eigenvalue weighted by molar-refractivity contribution is 0.491. The van der Waals surface area contributed by atoms with Crippen LogP contribution in [0.15, 0.2) is 27.8 Å². The molecule has 0 amide bonds. The van der Waals surface area contributed by atoms with Gasteiger partial charge in [0, 0.05) is 6.42 Å². The first-order valence-corrected chi connectivity index (χ1v) is 4.33. The quantitative estimate of drug-likeness (QED) is 0.527. The van der Waals surface area contributed by atoms with Crippen LogP contribution >= 0.6 is 12.2 Å². The van der Waals surface area contributed by atoms with E-state index in [1.807, 2.05) is 19.1 Å². The molecule has 1 atom stereocenters. The highest BCUT2D eigenvalue weighted by atomic mass is 32.1. The summed E-state index contributed by atoms with van der Waals surface area (Å²) in [6, 6.07) is 4.10. The van der Waals surface area contributed by atoms with Gasteiger partial charge in [0.15, 0.2) is 0 Å². The Balaban J connectivity index is 2.31. The molecule has 0 aliphatic heterocycles. The van der Waals surface area contributed by atoms with Crippen molar-refractivity contribution in [3.05, 3.63) is 24.2 Å². The van der Waals surface area contributed by atoms with Crippen molar-refractivity contribution in [3.63, 3.8) is 0 Å². The molecule has 1 aromatic heterocycles. The van der Waals surface area contributed by atoms with Gasteiger partial charge >= 0.3 is 0 Å². The van der Waals surface area contributed by atoms with Crippen molar-refractivity contribution in [3.8, 4) is 0 Å². The van der Waals surface area contributed by atoms with Gasteiger partial charge < -0.3 is 4.42 Å². The average molecular weight is 181 g/mol. The highest BCUT2D eigenvalue weighted by molar-refractivity contribution is 7.78. The Morgan fingerprint density at radius 3 is 3.17 bits per heavy atom. The molecule has 0 saturated carbocycles. The van der Waals surface area contributed by atoms with E-state index in [1.54, 1.807) is 6.26 Å². The van der Waals surface area contributed by atoms with Gasteiger partial charge in [-0.1, -0.05) is 0 Å². The number of aryl methyl sites for hydroxylation is 1. The van der Waals surface area contributed by atoms with Crippen LogP contribution in [0.4, 0.5) is 0 Å². The molecule has 0 spiro atoms. The number of aliphatic imine (C=N–C) groups is 1. The van der Waals surface area contributed by atoms with E-state index in [0.717, 1.165) is 18.6 Å². The van der Waals surface area contributed by atoms with E-state index >= 15 is 0 Å². The number of isothiocyanates is 1. The van der Waals surface area contributed by atoms with Crippen LogP contribution in [0, 0.1) is 0 Å². The van der Waals surface area contributed by atoms with Crippen LogP contribution in [-0.4, -0.2) is 11.2 Å². The Morgan fingerprint density at radius 2 is 2.58 bits per heavy atom. The van der Waals surface area contributed by atoms with Gasteiger partial charge in [0.2, 0.25) is 0 Å². The topological polar surface area (TPSA) is 25.5 Å². The molecule has 0 aliphatic rings. The molecule has 64 valence electrons. The lowest BCUT2D eigenvalue weighted by Gasteiger charge is -2.00. The predicted molar refractivity (Wildman–Crippen MR) is 51.5 cm³/mol. The largest absolute Gasteiger partial charge is 0.469 e. The molecule has 0 aromatic carbocycles. The third-order valence-corrected chi connectivity index (χ3v) is 1.77. The first-order valence-electron chi connectivity index (χ1n) is 3.92. The minimum atomic E-state index is 0.243. The lowest BCUT2D eigenvalue weighted by Crippen LogP contribution is -1.98. The van der Waals surface area contributed by atoms with Gasteiger partial charge in [-0.05, 0) is 37.7 Å². The van der Waals surface area contributed by atoms with Crippen molar-refractivity contribution < 1.29 is 4.42 Å². The highest BCUT2D eigenvalue weighted by Gasteiger charge is 2.00. The molecule has 1 aromatic rings. The van der Waals surface area contributed by atoms with Crippen LogP contribution in [0.3, 0.4) is 0 Å². The minimum Gasteiger partial charge on any atom is -0.469 e. The zero-order chi connectivity index (χ0) is 8.81. The number of hydrogen-bond donors (Lipinski definition) is 0. The van der Waals surface area contributed by atoms with Crippen molar-refractivity contribution >= 4 is 17.4 Å².